The Morgan fingerprint density at radius 1 is 1.24 bits per heavy atom. The highest BCUT2D eigenvalue weighted by molar-refractivity contribution is 9.10. The van der Waals surface area contributed by atoms with Crippen LogP contribution in [0.5, 0.6) is 5.75 Å². The topological polar surface area (TPSA) is 80.4 Å². The summed E-state index contributed by atoms with van der Waals surface area (Å²) in [6.07, 6.45) is 0.862. The summed E-state index contributed by atoms with van der Waals surface area (Å²) in [7, 11) is 0. The molecule has 2 N–H and O–H groups in total. The van der Waals surface area contributed by atoms with Gasteiger partial charge in [-0.1, -0.05) is 46.3 Å². The van der Waals surface area contributed by atoms with Crippen LogP contribution in [0.15, 0.2) is 65.7 Å². The molecule has 2 heterocycles. The molecule has 0 saturated carbocycles. The quantitative estimate of drug-likeness (QED) is 0.702. The summed E-state index contributed by atoms with van der Waals surface area (Å²) >= 11 is 3.42. The van der Waals surface area contributed by atoms with Gasteiger partial charge in [-0.15, -0.1) is 0 Å². The number of aliphatic hydroxyl groups is 2. The standard InChI is InChI=1S/C18H16BrN3O3/c19-13-6-7-15-14(8-13)17(24)18(25-15,9-22-11-20-10-21-22)16(23)12-4-2-1-3-5-12/h1-8,10-11,16-17,23-24H,9H2/t16-,17+,18-/m1/s1. The van der Waals surface area contributed by atoms with Crippen LogP contribution < -0.4 is 4.74 Å². The Morgan fingerprint density at radius 3 is 2.76 bits per heavy atom. The zero-order valence-corrected chi connectivity index (χ0v) is 14.7. The highest BCUT2D eigenvalue weighted by Crippen LogP contribution is 2.50. The number of hydrogen-bond donors (Lipinski definition) is 2. The molecule has 1 aromatic heterocycles. The maximum absolute atomic E-state index is 11.1. The van der Waals surface area contributed by atoms with E-state index in [1.165, 1.54) is 12.7 Å². The van der Waals surface area contributed by atoms with Crippen molar-refractivity contribution in [1.29, 1.82) is 0 Å². The number of fused-ring (bicyclic) bond motifs is 1. The fraction of sp³-hybridized carbons (Fsp3) is 0.222. The number of benzene rings is 2. The molecule has 0 bridgehead atoms. The lowest BCUT2D eigenvalue weighted by molar-refractivity contribution is -0.124. The molecule has 25 heavy (non-hydrogen) atoms. The van der Waals surface area contributed by atoms with Crippen LogP contribution in [0.1, 0.15) is 23.3 Å². The molecule has 6 nitrogen and oxygen atoms in total. The molecule has 128 valence electrons. The highest BCUT2D eigenvalue weighted by Gasteiger charge is 2.54. The summed E-state index contributed by atoms with van der Waals surface area (Å²) in [5, 5.41) is 26.3. The normalized spacial score (nSPS) is 23.1. The minimum atomic E-state index is -1.31. The monoisotopic (exact) mass is 401 g/mol. The first-order valence-corrected chi connectivity index (χ1v) is 8.61. The van der Waals surface area contributed by atoms with Crippen LogP contribution in [0.4, 0.5) is 0 Å². The molecule has 7 heteroatoms. The van der Waals surface area contributed by atoms with Gasteiger partial charge >= 0.3 is 0 Å². The van der Waals surface area contributed by atoms with Gasteiger partial charge in [0.1, 0.15) is 30.6 Å². The summed E-state index contributed by atoms with van der Waals surface area (Å²) < 4.78 is 8.53. The van der Waals surface area contributed by atoms with Crippen LogP contribution >= 0.6 is 15.9 Å². The predicted molar refractivity (Wildman–Crippen MR) is 93.9 cm³/mol. The Hall–Kier alpha value is -2.22. The first-order chi connectivity index (χ1) is 12.1. The predicted octanol–water partition coefficient (Wildman–Crippen LogP) is 2.64. The lowest BCUT2D eigenvalue weighted by atomic mass is 9.84. The molecule has 0 saturated heterocycles. The maximum atomic E-state index is 11.1. The van der Waals surface area contributed by atoms with Crippen molar-refractivity contribution in [3.05, 3.63) is 76.8 Å². The Balaban J connectivity index is 1.80. The summed E-state index contributed by atoms with van der Waals surface area (Å²) in [5.74, 6) is 0.547. The molecule has 3 atom stereocenters. The highest BCUT2D eigenvalue weighted by atomic mass is 79.9. The van der Waals surface area contributed by atoms with E-state index in [1.807, 2.05) is 36.4 Å². The first kappa shape index (κ1) is 16.3. The van der Waals surface area contributed by atoms with Gasteiger partial charge in [0.2, 0.25) is 0 Å². The van der Waals surface area contributed by atoms with Crippen LogP contribution in [0.3, 0.4) is 0 Å². The largest absolute Gasteiger partial charge is 0.479 e. The third-order valence-corrected chi connectivity index (χ3v) is 4.98. The summed E-state index contributed by atoms with van der Waals surface area (Å²) in [4.78, 5) is 3.94. The molecule has 3 aromatic rings. The van der Waals surface area contributed by atoms with E-state index in [0.29, 0.717) is 16.9 Å². The summed E-state index contributed by atoms with van der Waals surface area (Å²) in [6.45, 7) is 0.149. The van der Waals surface area contributed by atoms with E-state index in [1.54, 1.807) is 16.8 Å². The molecule has 0 aliphatic carbocycles. The number of hydrogen-bond acceptors (Lipinski definition) is 5. The van der Waals surface area contributed by atoms with E-state index in [0.717, 1.165) is 4.47 Å². The molecule has 1 aliphatic rings. The van der Waals surface area contributed by atoms with Crippen LogP contribution in [0, 0.1) is 0 Å². The van der Waals surface area contributed by atoms with Crippen LogP contribution in [0.2, 0.25) is 0 Å². The Kier molecular flexibility index (Phi) is 4.07. The van der Waals surface area contributed by atoms with E-state index in [4.69, 9.17) is 4.74 Å². The second-order valence-corrected chi connectivity index (χ2v) is 6.96. The fourth-order valence-electron chi connectivity index (χ4n) is 3.25. The van der Waals surface area contributed by atoms with Crippen molar-refractivity contribution >= 4 is 15.9 Å². The van der Waals surface area contributed by atoms with Crippen molar-refractivity contribution in [1.82, 2.24) is 14.8 Å². The number of aromatic nitrogens is 3. The van der Waals surface area contributed by atoms with Crippen molar-refractivity contribution in [3.8, 4) is 5.75 Å². The molecule has 4 rings (SSSR count). The van der Waals surface area contributed by atoms with Crippen molar-refractivity contribution < 1.29 is 14.9 Å². The average molecular weight is 402 g/mol. The van der Waals surface area contributed by atoms with Crippen molar-refractivity contribution in [3.63, 3.8) is 0 Å². The molecule has 0 fully saturated rings. The van der Waals surface area contributed by atoms with Gasteiger partial charge in [0.05, 0.1) is 6.54 Å². The first-order valence-electron chi connectivity index (χ1n) is 7.82. The van der Waals surface area contributed by atoms with E-state index in [2.05, 4.69) is 26.0 Å². The lowest BCUT2D eigenvalue weighted by Gasteiger charge is -2.36. The van der Waals surface area contributed by atoms with Gasteiger partial charge in [0.25, 0.3) is 0 Å². The molecule has 0 spiro atoms. The number of halogens is 1. The third kappa shape index (κ3) is 2.74. The SMILES string of the molecule is O[C@H](c1ccccc1)[C@@]1(Cn2cncn2)Oc2ccc(Br)cc2[C@@H]1O. The van der Waals surface area contributed by atoms with Gasteiger partial charge in [0.15, 0.2) is 5.60 Å². The Bertz CT molecular complexity index is 873. The Labute approximate surface area is 152 Å². The van der Waals surface area contributed by atoms with E-state index in [9.17, 15) is 10.2 Å². The average Bonchev–Trinajstić information content (AvgIpc) is 3.23. The number of ether oxygens (including phenoxy) is 1. The summed E-state index contributed by atoms with van der Waals surface area (Å²) in [5.41, 5.74) is -0.0175. The van der Waals surface area contributed by atoms with E-state index in [-0.39, 0.29) is 6.54 Å². The molecule has 2 aromatic carbocycles. The lowest BCUT2D eigenvalue weighted by Crippen LogP contribution is -2.48. The van der Waals surface area contributed by atoms with Crippen molar-refractivity contribution in [2.45, 2.75) is 24.4 Å². The second-order valence-electron chi connectivity index (χ2n) is 6.05. The molecule has 0 radical (unpaired) electrons. The molecular formula is C18H16BrN3O3. The van der Waals surface area contributed by atoms with Gasteiger partial charge < -0.3 is 14.9 Å². The van der Waals surface area contributed by atoms with Crippen molar-refractivity contribution in [2.75, 3.05) is 0 Å². The molecule has 1 aliphatic heterocycles. The van der Waals surface area contributed by atoms with Gasteiger partial charge in [0, 0.05) is 10.0 Å². The van der Waals surface area contributed by atoms with Gasteiger partial charge in [-0.25, -0.2) is 9.67 Å². The fourth-order valence-corrected chi connectivity index (χ4v) is 3.62. The van der Waals surface area contributed by atoms with Crippen LogP contribution in [-0.4, -0.2) is 30.6 Å². The second kappa shape index (κ2) is 6.25. The number of nitrogens with zero attached hydrogens (tertiary/aromatic N) is 3. The van der Waals surface area contributed by atoms with Gasteiger partial charge in [-0.3, -0.25) is 0 Å². The van der Waals surface area contributed by atoms with Crippen LogP contribution in [-0.2, 0) is 6.54 Å². The minimum absolute atomic E-state index is 0.149. The number of aliphatic hydroxyl groups excluding tert-OH is 2. The maximum Gasteiger partial charge on any atom is 0.188 e. The van der Waals surface area contributed by atoms with E-state index >= 15 is 0 Å². The van der Waals surface area contributed by atoms with Crippen molar-refractivity contribution in [2.24, 2.45) is 0 Å². The Morgan fingerprint density at radius 2 is 2.04 bits per heavy atom. The molecular weight excluding hydrogens is 386 g/mol. The van der Waals surface area contributed by atoms with Gasteiger partial charge in [-0.05, 0) is 23.8 Å². The minimum Gasteiger partial charge on any atom is -0.479 e. The third-order valence-electron chi connectivity index (χ3n) is 4.48. The number of rotatable bonds is 4. The zero-order chi connectivity index (χ0) is 17.4. The van der Waals surface area contributed by atoms with E-state index < -0.39 is 17.8 Å². The zero-order valence-electron chi connectivity index (χ0n) is 13.2. The molecule has 0 unspecified atom stereocenters. The summed E-state index contributed by atoms with van der Waals surface area (Å²) in [6, 6.07) is 14.6. The van der Waals surface area contributed by atoms with Crippen LogP contribution in [0.25, 0.3) is 0 Å². The van der Waals surface area contributed by atoms with Gasteiger partial charge in [-0.2, -0.15) is 5.10 Å². The molecule has 0 amide bonds. The smallest absolute Gasteiger partial charge is 0.188 e.